The number of halogens is 1. The van der Waals surface area contributed by atoms with E-state index in [-0.39, 0.29) is 25.3 Å². The minimum absolute atomic E-state index is 0.129. The first kappa shape index (κ1) is 27.2. The molecule has 1 atom stereocenters. The third kappa shape index (κ3) is 6.37. The Balaban J connectivity index is 1.64. The van der Waals surface area contributed by atoms with Crippen molar-refractivity contribution in [1.82, 2.24) is 4.31 Å². The predicted molar refractivity (Wildman–Crippen MR) is 138 cm³/mol. The van der Waals surface area contributed by atoms with E-state index in [2.05, 4.69) is 0 Å². The lowest BCUT2D eigenvalue weighted by Crippen LogP contribution is -2.60. The Bertz CT molecular complexity index is 1270. The van der Waals surface area contributed by atoms with Gasteiger partial charge in [0, 0.05) is 19.2 Å². The normalized spacial score (nSPS) is 19.3. The van der Waals surface area contributed by atoms with Gasteiger partial charge in [0.1, 0.15) is 11.6 Å². The van der Waals surface area contributed by atoms with Gasteiger partial charge in [-0.1, -0.05) is 60.7 Å². The quantitative estimate of drug-likeness (QED) is 0.345. The second-order valence-corrected chi connectivity index (χ2v) is 11.2. The van der Waals surface area contributed by atoms with Gasteiger partial charge in [0.2, 0.25) is 10.0 Å². The fourth-order valence-corrected chi connectivity index (χ4v) is 5.98. The topological polar surface area (TPSA) is 74.3 Å². The molecule has 1 fully saturated rings. The van der Waals surface area contributed by atoms with Crippen molar-refractivity contribution in [2.24, 2.45) is 0 Å². The summed E-state index contributed by atoms with van der Waals surface area (Å²) in [6.45, 7) is 1.93. The van der Waals surface area contributed by atoms with E-state index in [9.17, 15) is 8.42 Å². The summed E-state index contributed by atoms with van der Waals surface area (Å²) in [5, 5.41) is 0. The average molecular weight is 530 g/mol. The first-order valence-electron chi connectivity index (χ1n) is 12.0. The van der Waals surface area contributed by atoms with Gasteiger partial charge in [-0.2, -0.15) is 0 Å². The average Bonchev–Trinajstić information content (AvgIpc) is 2.87. The molecule has 1 unspecified atom stereocenters. The lowest BCUT2D eigenvalue weighted by molar-refractivity contribution is -0.399. The molecule has 7 nitrogen and oxygen atoms in total. The molecule has 9 heteroatoms. The Morgan fingerprint density at radius 3 is 2.22 bits per heavy atom. The van der Waals surface area contributed by atoms with Crippen LogP contribution in [0, 0.1) is 5.82 Å². The van der Waals surface area contributed by atoms with E-state index in [0.717, 1.165) is 11.1 Å². The predicted octanol–water partition coefficient (Wildman–Crippen LogP) is 4.47. The van der Waals surface area contributed by atoms with Gasteiger partial charge in [0.25, 0.3) is 0 Å². The zero-order chi connectivity index (χ0) is 26.5. The van der Waals surface area contributed by atoms with E-state index in [1.165, 1.54) is 17.4 Å². The summed E-state index contributed by atoms with van der Waals surface area (Å²) in [5.41, 5.74) is 0.419. The molecule has 0 radical (unpaired) electrons. The molecular formula is C28H32FNO6S. The molecule has 1 heterocycles. The number of ether oxygens (including phenoxy) is 4. The van der Waals surface area contributed by atoms with Crippen LogP contribution in [0.2, 0.25) is 0 Å². The van der Waals surface area contributed by atoms with Crippen molar-refractivity contribution in [3.05, 3.63) is 101 Å². The first-order valence-corrected chi connectivity index (χ1v) is 13.6. The van der Waals surface area contributed by atoms with Crippen LogP contribution in [0.1, 0.15) is 23.6 Å². The number of methoxy groups -OCH3 is 1. The molecule has 0 spiro atoms. The van der Waals surface area contributed by atoms with Gasteiger partial charge < -0.3 is 18.9 Å². The van der Waals surface area contributed by atoms with E-state index < -0.39 is 39.6 Å². The summed E-state index contributed by atoms with van der Waals surface area (Å²) in [6.07, 6.45) is -1.54. The van der Waals surface area contributed by atoms with Crippen LogP contribution in [0.15, 0.2) is 78.9 Å². The largest absolute Gasteiger partial charge is 0.497 e. The van der Waals surface area contributed by atoms with Gasteiger partial charge in [0.05, 0.1) is 31.5 Å². The van der Waals surface area contributed by atoms with Crippen LogP contribution in [0.5, 0.6) is 5.75 Å². The maximum absolute atomic E-state index is 15.3. The van der Waals surface area contributed by atoms with E-state index in [1.54, 1.807) is 56.5 Å². The Labute approximate surface area is 217 Å². The van der Waals surface area contributed by atoms with E-state index in [4.69, 9.17) is 18.9 Å². The summed E-state index contributed by atoms with van der Waals surface area (Å²) in [5.74, 6) is -0.345. The van der Waals surface area contributed by atoms with Gasteiger partial charge in [0.15, 0.2) is 12.6 Å². The van der Waals surface area contributed by atoms with E-state index in [1.807, 2.05) is 30.3 Å². The molecule has 0 aromatic heterocycles. The zero-order valence-corrected chi connectivity index (χ0v) is 22.0. The number of benzene rings is 3. The van der Waals surface area contributed by atoms with Crippen molar-refractivity contribution >= 4 is 10.0 Å². The maximum atomic E-state index is 15.3. The second-order valence-electron chi connectivity index (χ2n) is 9.15. The second kappa shape index (κ2) is 11.7. The molecule has 1 aliphatic heterocycles. The third-order valence-corrected chi connectivity index (χ3v) is 8.40. The summed E-state index contributed by atoms with van der Waals surface area (Å²) < 4.78 is 66.8. The summed E-state index contributed by atoms with van der Waals surface area (Å²) in [6, 6.07) is 22.7. The summed E-state index contributed by atoms with van der Waals surface area (Å²) >= 11 is 0. The molecule has 0 amide bonds. The number of nitrogens with zero attached hydrogens (tertiary/aromatic N) is 1. The Morgan fingerprint density at radius 2 is 1.59 bits per heavy atom. The van der Waals surface area contributed by atoms with Crippen molar-refractivity contribution in [3.63, 3.8) is 0 Å². The molecule has 37 heavy (non-hydrogen) atoms. The summed E-state index contributed by atoms with van der Waals surface area (Å²) in [4.78, 5) is 0. The monoisotopic (exact) mass is 529 g/mol. The highest BCUT2D eigenvalue weighted by Gasteiger charge is 2.53. The van der Waals surface area contributed by atoms with Crippen molar-refractivity contribution in [2.75, 3.05) is 26.5 Å². The van der Waals surface area contributed by atoms with Crippen molar-refractivity contribution < 1.29 is 31.8 Å². The highest BCUT2D eigenvalue weighted by molar-refractivity contribution is 7.89. The maximum Gasteiger partial charge on any atom is 0.215 e. The van der Waals surface area contributed by atoms with Gasteiger partial charge >= 0.3 is 0 Å². The molecule has 0 N–H and O–H groups in total. The van der Waals surface area contributed by atoms with Crippen molar-refractivity contribution in [3.8, 4) is 5.75 Å². The molecule has 3 aromatic carbocycles. The molecule has 0 aliphatic carbocycles. The molecule has 0 saturated carbocycles. The molecule has 3 aromatic rings. The van der Waals surface area contributed by atoms with Crippen LogP contribution in [0.4, 0.5) is 4.39 Å². The Kier molecular flexibility index (Phi) is 8.61. The lowest BCUT2D eigenvalue weighted by atomic mass is 9.81. The van der Waals surface area contributed by atoms with Gasteiger partial charge in [-0.15, -0.1) is 0 Å². The van der Waals surface area contributed by atoms with Gasteiger partial charge in [-0.05, 0) is 36.2 Å². The van der Waals surface area contributed by atoms with E-state index >= 15 is 4.39 Å². The molecule has 1 aliphatic rings. The first-order chi connectivity index (χ1) is 17.7. The van der Waals surface area contributed by atoms with E-state index in [0.29, 0.717) is 5.75 Å². The Morgan fingerprint density at radius 1 is 0.946 bits per heavy atom. The van der Waals surface area contributed by atoms with Crippen LogP contribution in [-0.2, 0) is 42.8 Å². The molecule has 1 saturated heterocycles. The highest BCUT2D eigenvalue weighted by atomic mass is 32.2. The molecule has 198 valence electrons. The molecule has 4 rings (SSSR count). The SMILES string of the molecule is COc1ccc(CN(C)S(=O)(=O)CC(COCc2ccccc2)(c2ccccc2F)C2OC(C)O2)cc1. The Hall–Kier alpha value is -2.82. The molecular weight excluding hydrogens is 497 g/mol. The fourth-order valence-electron chi connectivity index (χ4n) is 4.39. The number of hydrogen-bond acceptors (Lipinski definition) is 6. The highest BCUT2D eigenvalue weighted by Crippen LogP contribution is 2.40. The van der Waals surface area contributed by atoms with Gasteiger partial charge in [-0.3, -0.25) is 0 Å². The standard InChI is InChI=1S/C28H32FNO6S/c1-21-35-27(36-21)28(25-11-7-8-12-26(25)29,19-34-18-23-9-5-4-6-10-23)20-37(31,32)30(2)17-22-13-15-24(33-3)16-14-22/h4-16,21,27H,17-20H2,1-3H3. The molecule has 0 bridgehead atoms. The zero-order valence-electron chi connectivity index (χ0n) is 21.2. The van der Waals surface area contributed by atoms with Crippen LogP contribution in [0.25, 0.3) is 0 Å². The van der Waals surface area contributed by atoms with Crippen LogP contribution in [-0.4, -0.2) is 51.8 Å². The minimum atomic E-state index is -3.94. The van der Waals surface area contributed by atoms with Crippen LogP contribution >= 0.6 is 0 Å². The third-order valence-electron chi connectivity index (χ3n) is 6.44. The van der Waals surface area contributed by atoms with Crippen LogP contribution in [0.3, 0.4) is 0 Å². The fraction of sp³-hybridized carbons (Fsp3) is 0.357. The van der Waals surface area contributed by atoms with Gasteiger partial charge in [-0.25, -0.2) is 17.1 Å². The lowest BCUT2D eigenvalue weighted by Gasteiger charge is -2.47. The minimum Gasteiger partial charge on any atom is -0.497 e. The van der Waals surface area contributed by atoms with Crippen molar-refractivity contribution in [2.45, 2.75) is 38.1 Å². The van der Waals surface area contributed by atoms with Crippen molar-refractivity contribution in [1.29, 1.82) is 0 Å². The van der Waals surface area contributed by atoms with Crippen LogP contribution < -0.4 is 4.74 Å². The number of hydrogen-bond donors (Lipinski definition) is 0. The smallest absolute Gasteiger partial charge is 0.215 e. The summed E-state index contributed by atoms with van der Waals surface area (Å²) in [7, 11) is -0.865. The number of rotatable bonds is 12. The number of sulfonamides is 1.